The molecule has 0 aliphatic carbocycles. The van der Waals surface area contributed by atoms with Crippen molar-refractivity contribution in [2.75, 3.05) is 0 Å². The molecule has 0 radical (unpaired) electrons. The van der Waals surface area contributed by atoms with Gasteiger partial charge in [0.05, 0.1) is 5.69 Å². The van der Waals surface area contributed by atoms with Gasteiger partial charge in [-0.1, -0.05) is 30.7 Å². The zero-order valence-corrected chi connectivity index (χ0v) is 13.2. The van der Waals surface area contributed by atoms with Gasteiger partial charge >= 0.3 is 0 Å². The van der Waals surface area contributed by atoms with Crippen LogP contribution < -0.4 is 10.5 Å². The van der Waals surface area contributed by atoms with E-state index >= 15 is 0 Å². The number of ether oxygens (including phenoxy) is 1. The maximum Gasteiger partial charge on any atom is 0.130 e. The molecule has 0 spiro atoms. The van der Waals surface area contributed by atoms with E-state index in [0.29, 0.717) is 18.1 Å². The summed E-state index contributed by atoms with van der Waals surface area (Å²) in [5.41, 5.74) is 8.90. The second-order valence-corrected chi connectivity index (χ2v) is 5.56. The first kappa shape index (κ1) is 15.8. The van der Waals surface area contributed by atoms with Crippen molar-refractivity contribution in [3.8, 4) is 5.75 Å². The van der Waals surface area contributed by atoms with Gasteiger partial charge in [-0.2, -0.15) is 0 Å². The molecule has 2 N–H and O–H groups in total. The van der Waals surface area contributed by atoms with Gasteiger partial charge in [0, 0.05) is 22.3 Å². The average molecular weight is 305 g/mol. The van der Waals surface area contributed by atoms with Crippen molar-refractivity contribution in [2.24, 2.45) is 5.73 Å². The first-order valence-corrected chi connectivity index (χ1v) is 7.56. The Hall–Kier alpha value is -1.58. The van der Waals surface area contributed by atoms with E-state index in [9.17, 15) is 0 Å². The predicted molar refractivity (Wildman–Crippen MR) is 86.7 cm³/mol. The number of rotatable bonds is 6. The zero-order valence-electron chi connectivity index (χ0n) is 12.5. The van der Waals surface area contributed by atoms with Gasteiger partial charge in [0.1, 0.15) is 12.4 Å². The lowest BCUT2D eigenvalue weighted by molar-refractivity contribution is 0.297. The fourth-order valence-electron chi connectivity index (χ4n) is 2.11. The van der Waals surface area contributed by atoms with E-state index in [4.69, 9.17) is 22.1 Å². The lowest BCUT2D eigenvalue weighted by Crippen LogP contribution is -2.22. The SMILES string of the molecule is CCC(N)Cc1c(Cl)cccc1OCc1cccc(C)n1. The minimum Gasteiger partial charge on any atom is -0.487 e. The van der Waals surface area contributed by atoms with Gasteiger partial charge in [-0.25, -0.2) is 0 Å². The standard InChI is InChI=1S/C17H21ClN2O/c1-3-13(19)10-15-16(18)8-5-9-17(15)21-11-14-7-4-6-12(2)20-14/h4-9,13H,3,10-11,19H2,1-2H3. The number of hydrogen-bond donors (Lipinski definition) is 1. The quantitative estimate of drug-likeness (QED) is 0.880. The van der Waals surface area contributed by atoms with Crippen molar-refractivity contribution in [3.63, 3.8) is 0 Å². The van der Waals surface area contributed by atoms with Crippen molar-refractivity contribution >= 4 is 11.6 Å². The molecule has 0 fully saturated rings. The molecule has 3 nitrogen and oxygen atoms in total. The van der Waals surface area contributed by atoms with Crippen LogP contribution in [0.4, 0.5) is 0 Å². The maximum atomic E-state index is 6.29. The third-order valence-corrected chi connectivity index (χ3v) is 3.74. The van der Waals surface area contributed by atoms with Crippen LogP contribution in [0.3, 0.4) is 0 Å². The van der Waals surface area contributed by atoms with Crippen LogP contribution in [0.25, 0.3) is 0 Å². The highest BCUT2D eigenvalue weighted by molar-refractivity contribution is 6.31. The topological polar surface area (TPSA) is 48.1 Å². The summed E-state index contributed by atoms with van der Waals surface area (Å²) in [6.07, 6.45) is 1.62. The van der Waals surface area contributed by atoms with Crippen LogP contribution in [0.15, 0.2) is 36.4 Å². The van der Waals surface area contributed by atoms with E-state index in [1.54, 1.807) is 0 Å². The summed E-state index contributed by atoms with van der Waals surface area (Å²) in [5.74, 6) is 0.787. The van der Waals surface area contributed by atoms with Gasteiger partial charge in [-0.15, -0.1) is 0 Å². The number of nitrogens with zero attached hydrogens (tertiary/aromatic N) is 1. The van der Waals surface area contributed by atoms with Crippen LogP contribution in [0, 0.1) is 6.92 Å². The van der Waals surface area contributed by atoms with E-state index < -0.39 is 0 Å². The Morgan fingerprint density at radius 1 is 1.24 bits per heavy atom. The van der Waals surface area contributed by atoms with E-state index in [1.807, 2.05) is 43.3 Å². The normalized spacial score (nSPS) is 12.2. The summed E-state index contributed by atoms with van der Waals surface area (Å²) < 4.78 is 5.90. The van der Waals surface area contributed by atoms with Gasteiger partial charge < -0.3 is 10.5 Å². The predicted octanol–water partition coefficient (Wildman–Crippen LogP) is 3.90. The molecular weight excluding hydrogens is 284 g/mol. The number of aryl methyl sites for hydroxylation is 1. The number of nitrogens with two attached hydrogens (primary N) is 1. The number of halogens is 1. The number of benzene rings is 1. The molecule has 1 heterocycles. The molecule has 0 aliphatic heterocycles. The molecule has 2 aromatic rings. The minimum atomic E-state index is 0.0874. The minimum absolute atomic E-state index is 0.0874. The Bertz CT molecular complexity index is 601. The molecule has 1 aromatic heterocycles. The lowest BCUT2D eigenvalue weighted by atomic mass is 10.0. The highest BCUT2D eigenvalue weighted by atomic mass is 35.5. The molecule has 1 unspecified atom stereocenters. The third-order valence-electron chi connectivity index (χ3n) is 3.39. The van der Waals surface area contributed by atoms with Gasteiger partial charge in [0.15, 0.2) is 0 Å². The van der Waals surface area contributed by atoms with E-state index in [1.165, 1.54) is 0 Å². The van der Waals surface area contributed by atoms with Crippen LogP contribution >= 0.6 is 11.6 Å². The molecule has 4 heteroatoms. The smallest absolute Gasteiger partial charge is 0.130 e. The highest BCUT2D eigenvalue weighted by Crippen LogP contribution is 2.28. The Kier molecular flexibility index (Phi) is 5.59. The second kappa shape index (κ2) is 7.43. The molecule has 0 bridgehead atoms. The number of aromatic nitrogens is 1. The van der Waals surface area contributed by atoms with Crippen LogP contribution in [0.1, 0.15) is 30.3 Å². The van der Waals surface area contributed by atoms with Crippen LogP contribution in [0.5, 0.6) is 5.75 Å². The third kappa shape index (κ3) is 4.45. The second-order valence-electron chi connectivity index (χ2n) is 5.15. The maximum absolute atomic E-state index is 6.29. The Balaban J connectivity index is 2.14. The van der Waals surface area contributed by atoms with Gasteiger partial charge in [-0.05, 0) is 44.0 Å². The Labute approximate surface area is 131 Å². The molecule has 0 saturated carbocycles. The highest BCUT2D eigenvalue weighted by Gasteiger charge is 2.12. The summed E-state index contributed by atoms with van der Waals surface area (Å²) in [6, 6.07) is 11.7. The first-order valence-electron chi connectivity index (χ1n) is 7.18. The Morgan fingerprint density at radius 2 is 2.00 bits per heavy atom. The summed E-state index contributed by atoms with van der Waals surface area (Å²) in [4.78, 5) is 4.43. The summed E-state index contributed by atoms with van der Waals surface area (Å²) >= 11 is 6.29. The molecule has 1 atom stereocenters. The van der Waals surface area contributed by atoms with Crippen molar-refractivity contribution in [1.29, 1.82) is 0 Å². The van der Waals surface area contributed by atoms with Crippen LogP contribution in [0.2, 0.25) is 5.02 Å². The Morgan fingerprint density at radius 3 is 2.71 bits per heavy atom. The fourth-order valence-corrected chi connectivity index (χ4v) is 2.35. The van der Waals surface area contributed by atoms with E-state index in [0.717, 1.165) is 29.1 Å². The monoisotopic (exact) mass is 304 g/mol. The molecule has 1 aromatic carbocycles. The molecule has 2 rings (SSSR count). The van der Waals surface area contributed by atoms with Gasteiger partial charge in [0.2, 0.25) is 0 Å². The van der Waals surface area contributed by atoms with Gasteiger partial charge in [-0.3, -0.25) is 4.98 Å². The van der Waals surface area contributed by atoms with Crippen molar-refractivity contribution in [3.05, 3.63) is 58.4 Å². The summed E-state index contributed by atoms with van der Waals surface area (Å²) in [7, 11) is 0. The van der Waals surface area contributed by atoms with Crippen molar-refractivity contribution < 1.29 is 4.74 Å². The van der Waals surface area contributed by atoms with Crippen LogP contribution in [-0.4, -0.2) is 11.0 Å². The summed E-state index contributed by atoms with van der Waals surface area (Å²) in [5, 5.41) is 0.702. The molecule has 0 amide bonds. The lowest BCUT2D eigenvalue weighted by Gasteiger charge is -2.15. The van der Waals surface area contributed by atoms with Gasteiger partial charge in [0.25, 0.3) is 0 Å². The fraction of sp³-hybridized carbons (Fsp3) is 0.353. The molecule has 0 aliphatic rings. The molecule has 112 valence electrons. The van der Waals surface area contributed by atoms with E-state index in [2.05, 4.69) is 11.9 Å². The van der Waals surface area contributed by atoms with E-state index in [-0.39, 0.29) is 6.04 Å². The average Bonchev–Trinajstić information content (AvgIpc) is 2.47. The number of pyridine rings is 1. The van der Waals surface area contributed by atoms with Crippen molar-refractivity contribution in [1.82, 2.24) is 4.98 Å². The molecular formula is C17H21ClN2O. The molecule has 0 saturated heterocycles. The number of hydrogen-bond acceptors (Lipinski definition) is 3. The largest absolute Gasteiger partial charge is 0.487 e. The molecule has 21 heavy (non-hydrogen) atoms. The van der Waals surface area contributed by atoms with Crippen molar-refractivity contribution in [2.45, 2.75) is 39.3 Å². The zero-order chi connectivity index (χ0) is 15.2. The first-order chi connectivity index (χ1) is 10.1. The van der Waals surface area contributed by atoms with Crippen LogP contribution in [-0.2, 0) is 13.0 Å². The summed E-state index contributed by atoms with van der Waals surface area (Å²) in [6.45, 7) is 4.46.